The maximum Gasteiger partial charge on any atom is 0.291 e. The van der Waals surface area contributed by atoms with Gasteiger partial charge >= 0.3 is 0 Å². The Morgan fingerprint density at radius 3 is 2.60 bits per heavy atom. The van der Waals surface area contributed by atoms with E-state index in [9.17, 15) is 10.1 Å². The van der Waals surface area contributed by atoms with Crippen molar-refractivity contribution in [2.45, 2.75) is 13.3 Å². The van der Waals surface area contributed by atoms with Gasteiger partial charge in [-0.05, 0) is 63.7 Å². The molecule has 0 aliphatic heterocycles. The third kappa shape index (κ3) is 1.96. The molecule has 0 amide bonds. The molecule has 1 aliphatic carbocycles. The average Bonchev–Trinajstić information content (AvgIpc) is 2.80. The fraction of sp³-hybridized carbons (Fsp3) is 0.125. The van der Waals surface area contributed by atoms with Crippen LogP contribution in [0.3, 0.4) is 0 Å². The lowest BCUT2D eigenvalue weighted by Crippen LogP contribution is -1.96. The van der Waals surface area contributed by atoms with E-state index in [2.05, 4.69) is 35.0 Å². The molecule has 0 bridgehead atoms. The Kier molecular flexibility index (Phi) is 3.18. The van der Waals surface area contributed by atoms with Gasteiger partial charge in [-0.2, -0.15) is 0 Å². The number of nitro benzene ring substituents is 1. The third-order valence-corrected chi connectivity index (χ3v) is 4.27. The Hall–Kier alpha value is -1.94. The van der Waals surface area contributed by atoms with E-state index >= 15 is 0 Å². The van der Waals surface area contributed by atoms with Gasteiger partial charge in [-0.3, -0.25) is 10.1 Å². The maximum absolute atomic E-state index is 11.4. The zero-order chi connectivity index (χ0) is 14.3. The summed E-state index contributed by atoms with van der Waals surface area (Å²) in [5.74, 6) is 0. The summed E-state index contributed by atoms with van der Waals surface area (Å²) in [6.45, 7) is 2.05. The molecule has 0 saturated heterocycles. The number of hydrogen-bond acceptors (Lipinski definition) is 2. The molecule has 0 radical (unpaired) electrons. The van der Waals surface area contributed by atoms with Crippen LogP contribution < -0.4 is 0 Å². The Morgan fingerprint density at radius 1 is 1.15 bits per heavy atom. The van der Waals surface area contributed by atoms with Gasteiger partial charge in [0.25, 0.3) is 5.69 Å². The molecule has 20 heavy (non-hydrogen) atoms. The molecule has 0 unspecified atom stereocenters. The minimum atomic E-state index is -0.327. The highest BCUT2D eigenvalue weighted by atomic mass is 79.9. The second-order valence-corrected chi connectivity index (χ2v) is 5.68. The molecule has 2 aromatic rings. The standard InChI is InChI=1S/C16H12BrNO2/c1-10-8-9-11-4-2-5-12(15(10)11)13-6-3-7-14(17)16(13)18(19)20/h2-8H,9H2,1H3. The molecule has 1 aliphatic rings. The molecule has 100 valence electrons. The van der Waals surface area contributed by atoms with E-state index < -0.39 is 0 Å². The molecule has 0 spiro atoms. The normalized spacial score (nSPS) is 13.0. The lowest BCUT2D eigenvalue weighted by Gasteiger charge is -2.11. The van der Waals surface area contributed by atoms with Crippen molar-refractivity contribution in [1.29, 1.82) is 0 Å². The number of nitro groups is 1. The van der Waals surface area contributed by atoms with E-state index in [1.165, 1.54) is 11.1 Å². The predicted octanol–water partition coefficient (Wildman–Crippen LogP) is 4.98. The smallest absolute Gasteiger partial charge is 0.258 e. The van der Waals surface area contributed by atoms with Gasteiger partial charge in [0.2, 0.25) is 0 Å². The van der Waals surface area contributed by atoms with Gasteiger partial charge in [-0.25, -0.2) is 0 Å². The van der Waals surface area contributed by atoms with E-state index in [-0.39, 0.29) is 10.6 Å². The van der Waals surface area contributed by atoms with Crippen LogP contribution >= 0.6 is 15.9 Å². The van der Waals surface area contributed by atoms with Crippen LogP contribution in [0.25, 0.3) is 16.7 Å². The van der Waals surface area contributed by atoms with Gasteiger partial charge in [0, 0.05) is 0 Å². The molecular formula is C16H12BrNO2. The van der Waals surface area contributed by atoms with Crippen molar-refractivity contribution in [1.82, 2.24) is 0 Å². The SMILES string of the molecule is CC1=CCc2cccc(-c3cccc(Br)c3[N+](=O)[O-])c21. The topological polar surface area (TPSA) is 43.1 Å². The Bertz CT molecular complexity index is 738. The number of benzene rings is 2. The summed E-state index contributed by atoms with van der Waals surface area (Å²) in [7, 11) is 0. The molecule has 4 heteroatoms. The number of para-hydroxylation sites is 1. The monoisotopic (exact) mass is 329 g/mol. The number of halogens is 1. The summed E-state index contributed by atoms with van der Waals surface area (Å²) < 4.78 is 0.511. The number of allylic oxidation sites excluding steroid dienone is 2. The van der Waals surface area contributed by atoms with E-state index in [1.807, 2.05) is 24.3 Å². The number of nitrogens with zero attached hydrogens (tertiary/aromatic N) is 1. The van der Waals surface area contributed by atoms with E-state index in [0.29, 0.717) is 10.0 Å². The predicted molar refractivity (Wildman–Crippen MR) is 83.6 cm³/mol. The van der Waals surface area contributed by atoms with Gasteiger partial charge in [-0.15, -0.1) is 0 Å². The fourth-order valence-electron chi connectivity index (χ4n) is 2.74. The van der Waals surface area contributed by atoms with Crippen molar-refractivity contribution < 1.29 is 4.92 Å². The highest BCUT2D eigenvalue weighted by Crippen LogP contribution is 2.41. The largest absolute Gasteiger partial charge is 0.291 e. The molecule has 0 atom stereocenters. The molecule has 0 fully saturated rings. The van der Waals surface area contributed by atoms with Crippen LogP contribution in [0.4, 0.5) is 5.69 Å². The van der Waals surface area contributed by atoms with Crippen LogP contribution in [0.2, 0.25) is 0 Å². The van der Waals surface area contributed by atoms with Crippen LogP contribution in [-0.4, -0.2) is 4.92 Å². The summed E-state index contributed by atoms with van der Waals surface area (Å²) in [6, 6.07) is 11.3. The summed E-state index contributed by atoms with van der Waals surface area (Å²) in [5, 5.41) is 11.4. The van der Waals surface area contributed by atoms with E-state index in [0.717, 1.165) is 17.5 Å². The van der Waals surface area contributed by atoms with Crippen molar-refractivity contribution in [3.63, 3.8) is 0 Å². The number of rotatable bonds is 2. The lowest BCUT2D eigenvalue weighted by atomic mass is 9.93. The lowest BCUT2D eigenvalue weighted by molar-refractivity contribution is -0.385. The molecule has 0 aromatic heterocycles. The summed E-state index contributed by atoms with van der Waals surface area (Å²) in [6.07, 6.45) is 3.06. The molecule has 2 aromatic carbocycles. The zero-order valence-electron chi connectivity index (χ0n) is 10.9. The van der Waals surface area contributed by atoms with Crippen LogP contribution in [0, 0.1) is 10.1 Å². The van der Waals surface area contributed by atoms with Gasteiger partial charge in [0.1, 0.15) is 0 Å². The first kappa shape index (κ1) is 13.1. The van der Waals surface area contributed by atoms with Gasteiger partial charge in [0.05, 0.1) is 15.0 Å². The third-order valence-electron chi connectivity index (χ3n) is 3.63. The Balaban J connectivity index is 2.32. The van der Waals surface area contributed by atoms with E-state index in [4.69, 9.17) is 0 Å². The summed E-state index contributed by atoms with van der Waals surface area (Å²) in [5.41, 5.74) is 5.27. The van der Waals surface area contributed by atoms with E-state index in [1.54, 1.807) is 6.07 Å². The zero-order valence-corrected chi connectivity index (χ0v) is 12.5. The Morgan fingerprint density at radius 2 is 1.85 bits per heavy atom. The summed E-state index contributed by atoms with van der Waals surface area (Å²) in [4.78, 5) is 11.0. The van der Waals surface area contributed by atoms with Crippen molar-refractivity contribution in [2.75, 3.05) is 0 Å². The summed E-state index contributed by atoms with van der Waals surface area (Å²) >= 11 is 3.28. The average molecular weight is 330 g/mol. The van der Waals surface area contributed by atoms with Crippen molar-refractivity contribution in [3.05, 3.63) is 68.2 Å². The molecule has 0 N–H and O–H groups in total. The van der Waals surface area contributed by atoms with Gasteiger partial charge in [0.15, 0.2) is 0 Å². The number of hydrogen-bond donors (Lipinski definition) is 0. The minimum Gasteiger partial charge on any atom is -0.258 e. The maximum atomic E-state index is 11.4. The first-order valence-electron chi connectivity index (χ1n) is 6.32. The quantitative estimate of drug-likeness (QED) is 0.575. The van der Waals surface area contributed by atoms with Crippen molar-refractivity contribution in [3.8, 4) is 11.1 Å². The van der Waals surface area contributed by atoms with Gasteiger partial charge < -0.3 is 0 Å². The van der Waals surface area contributed by atoms with Crippen LogP contribution in [-0.2, 0) is 6.42 Å². The first-order chi connectivity index (χ1) is 9.59. The van der Waals surface area contributed by atoms with Crippen molar-refractivity contribution >= 4 is 27.2 Å². The highest BCUT2D eigenvalue weighted by Gasteiger charge is 2.23. The Labute approximate surface area is 125 Å². The second kappa shape index (κ2) is 4.87. The molecule has 3 rings (SSSR count). The second-order valence-electron chi connectivity index (χ2n) is 4.82. The molecule has 0 saturated carbocycles. The fourth-order valence-corrected chi connectivity index (χ4v) is 3.25. The first-order valence-corrected chi connectivity index (χ1v) is 7.11. The van der Waals surface area contributed by atoms with Gasteiger partial charge in [-0.1, -0.05) is 30.3 Å². The van der Waals surface area contributed by atoms with Crippen LogP contribution in [0.5, 0.6) is 0 Å². The van der Waals surface area contributed by atoms with Crippen LogP contribution in [0.15, 0.2) is 46.9 Å². The van der Waals surface area contributed by atoms with Crippen molar-refractivity contribution in [2.24, 2.45) is 0 Å². The minimum absolute atomic E-state index is 0.126. The molecule has 0 heterocycles. The molecule has 3 nitrogen and oxygen atoms in total. The highest BCUT2D eigenvalue weighted by molar-refractivity contribution is 9.10. The number of fused-ring (bicyclic) bond motifs is 1. The molecular weight excluding hydrogens is 318 g/mol. The van der Waals surface area contributed by atoms with Crippen LogP contribution in [0.1, 0.15) is 18.1 Å².